The number of aromatic nitrogens is 2. The number of fused-ring (bicyclic) bond motifs is 1. The summed E-state index contributed by atoms with van der Waals surface area (Å²) in [6.45, 7) is 2.14. The van der Waals surface area contributed by atoms with Crippen molar-refractivity contribution < 1.29 is 4.74 Å². The standard InChI is InChI=1S/C20H18N2OS/c1-13-9-14(12-24-13)20-18(10-15-5-3-4-8-21-15)17-7-6-16(23-2)11-19(17)22-20/h3-9,11-12,22H,10H2,1-2H3. The monoisotopic (exact) mass is 334 g/mol. The third-order valence-electron chi connectivity index (χ3n) is 4.22. The Morgan fingerprint density at radius 2 is 2.08 bits per heavy atom. The van der Waals surface area contributed by atoms with Gasteiger partial charge in [-0.1, -0.05) is 6.07 Å². The van der Waals surface area contributed by atoms with Crippen molar-refractivity contribution in [3.8, 4) is 17.0 Å². The van der Waals surface area contributed by atoms with E-state index in [4.69, 9.17) is 4.74 Å². The molecule has 1 N–H and O–H groups in total. The third kappa shape index (κ3) is 2.69. The van der Waals surface area contributed by atoms with Gasteiger partial charge in [0.2, 0.25) is 0 Å². The first-order valence-corrected chi connectivity index (χ1v) is 8.76. The van der Waals surface area contributed by atoms with E-state index in [2.05, 4.69) is 46.5 Å². The van der Waals surface area contributed by atoms with Gasteiger partial charge in [-0.3, -0.25) is 4.98 Å². The summed E-state index contributed by atoms with van der Waals surface area (Å²) in [5.41, 5.74) is 5.86. The molecule has 0 aliphatic carbocycles. The predicted octanol–water partition coefficient (Wildman–Crippen LogP) is 5.20. The van der Waals surface area contributed by atoms with Crippen LogP contribution >= 0.6 is 11.3 Å². The summed E-state index contributed by atoms with van der Waals surface area (Å²) in [5.74, 6) is 0.862. The molecular weight excluding hydrogens is 316 g/mol. The lowest BCUT2D eigenvalue weighted by Gasteiger charge is -2.04. The molecule has 0 fully saturated rings. The van der Waals surface area contributed by atoms with Crippen LogP contribution in [0.15, 0.2) is 54.0 Å². The van der Waals surface area contributed by atoms with E-state index in [1.165, 1.54) is 27.1 Å². The lowest BCUT2D eigenvalue weighted by Crippen LogP contribution is -1.92. The molecule has 0 aliphatic rings. The molecule has 3 heterocycles. The molecule has 0 saturated carbocycles. The molecule has 0 atom stereocenters. The molecule has 3 nitrogen and oxygen atoms in total. The summed E-state index contributed by atoms with van der Waals surface area (Å²) >= 11 is 1.77. The summed E-state index contributed by atoms with van der Waals surface area (Å²) in [6.07, 6.45) is 2.65. The van der Waals surface area contributed by atoms with E-state index in [1.807, 2.05) is 24.4 Å². The number of rotatable bonds is 4. The van der Waals surface area contributed by atoms with Gasteiger partial charge in [0.1, 0.15) is 5.75 Å². The van der Waals surface area contributed by atoms with Crippen molar-refractivity contribution in [2.24, 2.45) is 0 Å². The van der Waals surface area contributed by atoms with Crippen LogP contribution in [0.3, 0.4) is 0 Å². The highest BCUT2D eigenvalue weighted by Gasteiger charge is 2.15. The maximum atomic E-state index is 5.37. The van der Waals surface area contributed by atoms with Gasteiger partial charge in [-0.2, -0.15) is 0 Å². The van der Waals surface area contributed by atoms with Crippen molar-refractivity contribution in [3.63, 3.8) is 0 Å². The molecule has 1 aromatic carbocycles. The van der Waals surface area contributed by atoms with Gasteiger partial charge in [0.05, 0.1) is 12.8 Å². The fraction of sp³-hybridized carbons (Fsp3) is 0.150. The number of aryl methyl sites for hydroxylation is 1. The molecular formula is C20H18N2OS. The summed E-state index contributed by atoms with van der Waals surface area (Å²) in [4.78, 5) is 9.40. The molecule has 4 aromatic rings. The average molecular weight is 334 g/mol. The van der Waals surface area contributed by atoms with Gasteiger partial charge < -0.3 is 9.72 Å². The minimum absolute atomic E-state index is 0.803. The van der Waals surface area contributed by atoms with E-state index >= 15 is 0 Å². The molecule has 0 saturated heterocycles. The lowest BCUT2D eigenvalue weighted by molar-refractivity contribution is 0.415. The van der Waals surface area contributed by atoms with Crippen molar-refractivity contribution in [1.82, 2.24) is 9.97 Å². The van der Waals surface area contributed by atoms with Crippen molar-refractivity contribution in [3.05, 3.63) is 70.2 Å². The smallest absolute Gasteiger partial charge is 0.120 e. The van der Waals surface area contributed by atoms with Crippen LogP contribution in [-0.4, -0.2) is 17.1 Å². The Bertz CT molecular complexity index is 985. The fourth-order valence-electron chi connectivity index (χ4n) is 3.05. The molecule has 3 aromatic heterocycles. The Morgan fingerprint density at radius 1 is 1.17 bits per heavy atom. The van der Waals surface area contributed by atoms with Crippen LogP contribution in [0.5, 0.6) is 5.75 Å². The first-order chi connectivity index (χ1) is 11.7. The molecule has 120 valence electrons. The number of hydrogen-bond donors (Lipinski definition) is 1. The number of ether oxygens (including phenoxy) is 1. The summed E-state index contributed by atoms with van der Waals surface area (Å²) in [5, 5.41) is 3.43. The van der Waals surface area contributed by atoms with Gasteiger partial charge in [-0.25, -0.2) is 0 Å². The second-order valence-corrected chi connectivity index (χ2v) is 6.95. The lowest BCUT2D eigenvalue weighted by atomic mass is 10.0. The number of hydrogen-bond acceptors (Lipinski definition) is 3. The number of benzene rings is 1. The van der Waals surface area contributed by atoms with Gasteiger partial charge in [0.25, 0.3) is 0 Å². The van der Waals surface area contributed by atoms with Crippen molar-refractivity contribution >= 4 is 22.2 Å². The van der Waals surface area contributed by atoms with Gasteiger partial charge >= 0.3 is 0 Å². The highest BCUT2D eigenvalue weighted by molar-refractivity contribution is 7.10. The first kappa shape index (κ1) is 15.0. The Kier molecular flexibility index (Phi) is 3.82. The molecule has 0 unspecified atom stereocenters. The number of methoxy groups -OCH3 is 1. The Morgan fingerprint density at radius 3 is 2.79 bits per heavy atom. The van der Waals surface area contributed by atoms with Crippen LogP contribution in [0, 0.1) is 6.92 Å². The van der Waals surface area contributed by atoms with Gasteiger partial charge in [-0.15, -0.1) is 11.3 Å². The SMILES string of the molecule is COc1ccc2c(Cc3ccccn3)c(-c3csc(C)c3)[nH]c2c1. The molecule has 0 radical (unpaired) electrons. The second kappa shape index (κ2) is 6.13. The van der Waals surface area contributed by atoms with Gasteiger partial charge in [0, 0.05) is 51.1 Å². The molecule has 0 spiro atoms. The van der Waals surface area contributed by atoms with Gasteiger partial charge in [-0.05, 0) is 42.8 Å². The molecule has 0 aliphatic heterocycles. The summed E-state index contributed by atoms with van der Waals surface area (Å²) < 4.78 is 5.37. The van der Waals surface area contributed by atoms with E-state index in [1.54, 1.807) is 18.4 Å². The fourth-order valence-corrected chi connectivity index (χ4v) is 3.74. The van der Waals surface area contributed by atoms with E-state index in [0.717, 1.165) is 23.4 Å². The Labute approximate surface area is 145 Å². The van der Waals surface area contributed by atoms with Crippen LogP contribution < -0.4 is 4.74 Å². The van der Waals surface area contributed by atoms with Crippen LogP contribution in [-0.2, 0) is 6.42 Å². The van der Waals surface area contributed by atoms with E-state index in [-0.39, 0.29) is 0 Å². The normalized spacial score (nSPS) is 11.1. The van der Waals surface area contributed by atoms with E-state index < -0.39 is 0 Å². The zero-order valence-electron chi connectivity index (χ0n) is 13.7. The number of H-pyrrole nitrogens is 1. The highest BCUT2D eigenvalue weighted by Crippen LogP contribution is 2.35. The van der Waals surface area contributed by atoms with Crippen LogP contribution in [0.4, 0.5) is 0 Å². The van der Waals surface area contributed by atoms with Crippen LogP contribution in [0.1, 0.15) is 16.1 Å². The second-order valence-electron chi connectivity index (χ2n) is 5.83. The minimum Gasteiger partial charge on any atom is -0.497 e. The maximum absolute atomic E-state index is 5.37. The number of thiophene rings is 1. The maximum Gasteiger partial charge on any atom is 0.120 e. The zero-order valence-corrected chi connectivity index (χ0v) is 14.5. The third-order valence-corrected chi connectivity index (χ3v) is 5.08. The average Bonchev–Trinajstić information content (AvgIpc) is 3.19. The zero-order chi connectivity index (χ0) is 16.5. The quantitative estimate of drug-likeness (QED) is 0.557. The predicted molar refractivity (Wildman–Crippen MR) is 99.9 cm³/mol. The topological polar surface area (TPSA) is 37.9 Å². The molecule has 4 rings (SSSR count). The Balaban J connectivity index is 1.90. The first-order valence-electron chi connectivity index (χ1n) is 7.88. The largest absolute Gasteiger partial charge is 0.497 e. The van der Waals surface area contributed by atoms with Crippen LogP contribution in [0.2, 0.25) is 0 Å². The number of pyridine rings is 1. The summed E-state index contributed by atoms with van der Waals surface area (Å²) in [6, 6.07) is 14.5. The van der Waals surface area contributed by atoms with Gasteiger partial charge in [0.15, 0.2) is 0 Å². The van der Waals surface area contributed by atoms with Crippen molar-refractivity contribution in [2.45, 2.75) is 13.3 Å². The number of nitrogens with zero attached hydrogens (tertiary/aromatic N) is 1. The van der Waals surface area contributed by atoms with E-state index in [0.29, 0.717) is 0 Å². The van der Waals surface area contributed by atoms with Crippen molar-refractivity contribution in [2.75, 3.05) is 7.11 Å². The highest BCUT2D eigenvalue weighted by atomic mass is 32.1. The summed E-state index contributed by atoms with van der Waals surface area (Å²) in [7, 11) is 1.70. The molecule has 0 amide bonds. The van der Waals surface area contributed by atoms with Crippen LogP contribution in [0.25, 0.3) is 22.2 Å². The molecule has 24 heavy (non-hydrogen) atoms. The number of nitrogens with one attached hydrogen (secondary N) is 1. The molecule has 0 bridgehead atoms. The molecule has 4 heteroatoms. The van der Waals surface area contributed by atoms with Crippen molar-refractivity contribution in [1.29, 1.82) is 0 Å². The minimum atomic E-state index is 0.803. The number of aromatic amines is 1. The van der Waals surface area contributed by atoms with E-state index in [9.17, 15) is 0 Å². The Hall–Kier alpha value is -2.59.